The van der Waals surface area contributed by atoms with Gasteiger partial charge in [0.25, 0.3) is 0 Å². The molecule has 142 valence electrons. The number of amides is 1. The van der Waals surface area contributed by atoms with E-state index in [2.05, 4.69) is 39.2 Å². The lowest BCUT2D eigenvalue weighted by atomic mass is 10.1. The highest BCUT2D eigenvalue weighted by Crippen LogP contribution is 2.38. The highest BCUT2D eigenvalue weighted by Gasteiger charge is 2.38. The molecule has 0 saturated heterocycles. The van der Waals surface area contributed by atoms with Crippen LogP contribution >= 0.6 is 11.8 Å². The third-order valence-electron chi connectivity index (χ3n) is 4.12. The van der Waals surface area contributed by atoms with Crippen molar-refractivity contribution in [2.75, 3.05) is 12.3 Å². The van der Waals surface area contributed by atoms with Gasteiger partial charge in [0.1, 0.15) is 0 Å². The summed E-state index contributed by atoms with van der Waals surface area (Å²) in [5, 5.41) is 1.99. The van der Waals surface area contributed by atoms with Gasteiger partial charge in [0.2, 0.25) is 5.91 Å². The molecule has 0 aliphatic heterocycles. The lowest BCUT2D eigenvalue weighted by molar-refractivity contribution is -0.118. The Balaban J connectivity index is 4.90. The maximum atomic E-state index is 12.2. The molecule has 0 aliphatic rings. The van der Waals surface area contributed by atoms with E-state index in [1.807, 2.05) is 6.92 Å². The Morgan fingerprint density at radius 3 is 2.46 bits per heavy atom. The minimum Gasteiger partial charge on any atom is -0.414 e. The summed E-state index contributed by atoms with van der Waals surface area (Å²) in [5.74, 6) is 0.159. The number of nitrogens with one attached hydrogen (secondary N) is 1. The van der Waals surface area contributed by atoms with Crippen LogP contribution in [0.2, 0.25) is 18.1 Å². The Morgan fingerprint density at radius 2 is 1.96 bits per heavy atom. The zero-order valence-electron chi connectivity index (χ0n) is 19.4. The number of thioether (sulfide) groups is 1. The molecule has 6 heteroatoms. The van der Waals surface area contributed by atoms with Gasteiger partial charge in [0.15, 0.2) is 13.4 Å². The van der Waals surface area contributed by atoms with Crippen LogP contribution in [0.5, 0.6) is 0 Å². The third kappa shape index (κ3) is 10.5. The van der Waals surface area contributed by atoms with Crippen molar-refractivity contribution >= 4 is 31.1 Å². The fourth-order valence-electron chi connectivity index (χ4n) is 1.75. The smallest absolute Gasteiger partial charge is 0.216 e. The van der Waals surface area contributed by atoms with Gasteiger partial charge in [-0.25, -0.2) is 0 Å². The first kappa shape index (κ1) is 18.5. The summed E-state index contributed by atoms with van der Waals surface area (Å²) >= 11 is 0.885. The summed E-state index contributed by atoms with van der Waals surface area (Å²) in [4.78, 5) is 23.0. The van der Waals surface area contributed by atoms with E-state index in [0.717, 1.165) is 18.2 Å². The maximum absolute atomic E-state index is 12.2. The van der Waals surface area contributed by atoms with Crippen molar-refractivity contribution in [3.8, 4) is 0 Å². The van der Waals surface area contributed by atoms with Crippen LogP contribution in [-0.2, 0) is 14.0 Å². The van der Waals surface area contributed by atoms with Crippen LogP contribution in [0.3, 0.4) is 0 Å². The minimum absolute atomic E-state index is 0.0402. The molecule has 0 fully saturated rings. The first-order valence-corrected chi connectivity index (χ1v) is 12.6. The van der Waals surface area contributed by atoms with E-state index in [1.54, 1.807) is 0 Å². The summed E-state index contributed by atoms with van der Waals surface area (Å²) in [6, 6.07) is 0. The highest BCUT2D eigenvalue weighted by atomic mass is 32.2. The summed E-state index contributed by atoms with van der Waals surface area (Å²) in [7, 11) is -2.18. The van der Waals surface area contributed by atoms with Gasteiger partial charge < -0.3 is 9.74 Å². The van der Waals surface area contributed by atoms with Crippen molar-refractivity contribution in [1.29, 1.82) is 0 Å². The van der Waals surface area contributed by atoms with Gasteiger partial charge in [0.05, 0.1) is 1.37 Å². The lowest BCUT2D eigenvalue weighted by Crippen LogP contribution is -2.44. The van der Waals surface area contributed by atoms with Crippen molar-refractivity contribution in [3.05, 3.63) is 0 Å². The van der Waals surface area contributed by atoms with Gasteiger partial charge in [-0.3, -0.25) is 9.59 Å². The molecular formula is C18H37NO3SSi. The normalized spacial score (nSPS) is 17.4. The van der Waals surface area contributed by atoms with Crippen molar-refractivity contribution in [2.24, 2.45) is 0 Å². The van der Waals surface area contributed by atoms with Gasteiger partial charge >= 0.3 is 0 Å². The quantitative estimate of drug-likeness (QED) is 0.416. The topological polar surface area (TPSA) is 55.4 Å². The Bertz CT molecular complexity index is 513. The summed E-state index contributed by atoms with van der Waals surface area (Å²) in [6.45, 7) is 14.2. The fraction of sp³-hybridized carbons (Fsp3) is 0.889. The van der Waals surface area contributed by atoms with Gasteiger partial charge in [-0.15, -0.1) is 0 Å². The monoisotopic (exact) mass is 378 g/mol. The van der Waals surface area contributed by atoms with E-state index in [0.29, 0.717) is 18.7 Å². The number of hydrogen-bond donors (Lipinski definition) is 1. The van der Waals surface area contributed by atoms with Gasteiger partial charge in [-0.05, 0) is 37.4 Å². The molecule has 0 aromatic heterocycles. The Hall–Kier alpha value is -0.333. The summed E-state index contributed by atoms with van der Waals surface area (Å²) in [5.41, 5.74) is 0. The largest absolute Gasteiger partial charge is 0.414 e. The van der Waals surface area contributed by atoms with Gasteiger partial charge in [0, 0.05) is 34.4 Å². The molecule has 0 aliphatic carbocycles. The molecule has 0 unspecified atom stereocenters. The Kier molecular flexibility index (Phi) is 8.70. The molecule has 1 amide bonds. The number of carbonyl (C=O) groups is 2. The van der Waals surface area contributed by atoms with Gasteiger partial charge in [-0.1, -0.05) is 45.9 Å². The minimum atomic E-state index is -2.18. The molecular weight excluding hydrogens is 338 g/mol. The van der Waals surface area contributed by atoms with Crippen molar-refractivity contribution in [1.82, 2.24) is 5.32 Å². The van der Waals surface area contributed by atoms with Crippen LogP contribution in [0, 0.1) is 0 Å². The van der Waals surface area contributed by atoms with Crippen molar-refractivity contribution in [2.45, 2.75) is 90.9 Å². The van der Waals surface area contributed by atoms with E-state index in [9.17, 15) is 9.59 Å². The number of rotatable bonds is 11. The molecule has 0 bridgehead atoms. The predicted molar refractivity (Wildman–Crippen MR) is 107 cm³/mol. The Morgan fingerprint density at radius 1 is 1.33 bits per heavy atom. The summed E-state index contributed by atoms with van der Waals surface area (Å²) < 4.78 is 31.3. The second-order valence-electron chi connectivity index (χ2n) is 7.45. The second kappa shape index (κ2) is 11.3. The second-order valence-corrected chi connectivity index (χ2v) is 13.2. The molecule has 0 aromatic rings. The zero-order valence-corrected chi connectivity index (χ0v) is 18.2. The number of hydrogen-bond acceptors (Lipinski definition) is 4. The van der Waals surface area contributed by atoms with E-state index in [-0.39, 0.29) is 23.8 Å². The van der Waals surface area contributed by atoms with E-state index >= 15 is 0 Å². The average Bonchev–Trinajstić information content (AvgIpc) is 2.48. The standard InChI is InChI=1S/C18H37NO3SSi/c1-8-10-16(22-24(6,7)18(3,4)5)11-9-12-17(21)23-14-13-19-15(2)20/h16H,8-14H2,1-7H3,(H,19,20)/t16-/m0/s1/i12D2,16D. The Labute approximate surface area is 158 Å². The van der Waals surface area contributed by atoms with E-state index in [1.165, 1.54) is 6.92 Å². The highest BCUT2D eigenvalue weighted by molar-refractivity contribution is 8.13. The van der Waals surface area contributed by atoms with Crippen LogP contribution in [0.15, 0.2) is 0 Å². The predicted octanol–water partition coefficient (Wildman–Crippen LogP) is 4.74. The maximum Gasteiger partial charge on any atom is 0.216 e. The first-order valence-electron chi connectivity index (χ1n) is 10.2. The van der Waals surface area contributed by atoms with Crippen LogP contribution < -0.4 is 5.32 Å². The fourth-order valence-corrected chi connectivity index (χ4v) is 3.57. The molecule has 24 heavy (non-hydrogen) atoms. The SMILES string of the molecule is [2H]C([2H])(CC[C@]([2H])(CCC)O[Si](C)(C)C(C)(C)C)C(=O)SCCNC(C)=O. The lowest BCUT2D eigenvalue weighted by Gasteiger charge is -2.39. The van der Waals surface area contributed by atoms with Crippen LogP contribution in [-0.4, -0.2) is 37.7 Å². The third-order valence-corrected chi connectivity index (χ3v) is 9.34. The average molecular weight is 379 g/mol. The van der Waals surface area contributed by atoms with E-state index < -0.39 is 25.9 Å². The molecule has 0 aromatic carbocycles. The first-order chi connectivity index (χ1) is 12.1. The summed E-state index contributed by atoms with van der Waals surface area (Å²) in [6.07, 6.45) is -1.78. The molecule has 0 heterocycles. The molecule has 0 spiro atoms. The van der Waals surface area contributed by atoms with Crippen LogP contribution in [0.4, 0.5) is 0 Å². The molecule has 4 nitrogen and oxygen atoms in total. The van der Waals surface area contributed by atoms with Crippen LogP contribution in [0.1, 0.15) is 70.8 Å². The molecule has 1 atom stereocenters. The molecule has 0 rings (SSSR count). The van der Waals surface area contributed by atoms with Crippen LogP contribution in [0.25, 0.3) is 0 Å². The van der Waals surface area contributed by atoms with Crippen molar-refractivity contribution in [3.63, 3.8) is 0 Å². The molecule has 1 N–H and O–H groups in total. The molecule has 0 radical (unpaired) electrons. The molecule has 0 saturated carbocycles. The van der Waals surface area contributed by atoms with Crippen molar-refractivity contribution < 1.29 is 18.1 Å². The van der Waals surface area contributed by atoms with Gasteiger partial charge in [-0.2, -0.15) is 0 Å². The van der Waals surface area contributed by atoms with E-state index in [4.69, 9.17) is 8.54 Å². The zero-order chi connectivity index (χ0) is 21.5. The number of carbonyl (C=O) groups excluding carboxylic acids is 2.